The van der Waals surface area contributed by atoms with Gasteiger partial charge in [-0.3, -0.25) is 9.59 Å². The van der Waals surface area contributed by atoms with Crippen molar-refractivity contribution in [1.29, 1.82) is 0 Å². The molecule has 0 fully saturated rings. The monoisotopic (exact) mass is 216 g/mol. The van der Waals surface area contributed by atoms with Crippen molar-refractivity contribution < 1.29 is 19.5 Å². The minimum Gasteiger partial charge on any atom is -0.480 e. The van der Waals surface area contributed by atoms with Crippen LogP contribution < -0.4 is 5.73 Å². The zero-order valence-electron chi connectivity index (χ0n) is 8.90. The number of rotatable bonds is 6. The molecule has 86 valence electrons. The number of aliphatic carboxylic acids is 1. The van der Waals surface area contributed by atoms with Gasteiger partial charge in [0.15, 0.2) is 0 Å². The minimum atomic E-state index is -1.12. The van der Waals surface area contributed by atoms with Gasteiger partial charge >= 0.3 is 5.97 Å². The average molecular weight is 216 g/mol. The Balaban J connectivity index is 4.45. The summed E-state index contributed by atoms with van der Waals surface area (Å²) in [5.41, 5.74) is 4.91. The second-order valence-corrected chi connectivity index (χ2v) is 3.22. The Labute approximate surface area is 88.0 Å². The Morgan fingerprint density at radius 3 is 2.27 bits per heavy atom. The molecule has 0 aromatic carbocycles. The summed E-state index contributed by atoms with van der Waals surface area (Å²) in [7, 11) is 1.41. The Kier molecular flexibility index (Phi) is 5.36. The number of primary amides is 1. The molecule has 0 rings (SSSR count). The number of carboxylic acids is 1. The van der Waals surface area contributed by atoms with E-state index in [1.54, 1.807) is 6.92 Å². The van der Waals surface area contributed by atoms with Gasteiger partial charge in [0.1, 0.15) is 6.04 Å². The van der Waals surface area contributed by atoms with Crippen LogP contribution in [0.15, 0.2) is 0 Å². The molecule has 3 N–H and O–H groups in total. The van der Waals surface area contributed by atoms with Crippen molar-refractivity contribution in [2.24, 2.45) is 5.73 Å². The lowest BCUT2D eigenvalue weighted by Gasteiger charge is -2.23. The van der Waals surface area contributed by atoms with Gasteiger partial charge in [-0.2, -0.15) is 0 Å². The Morgan fingerprint density at radius 1 is 1.40 bits per heavy atom. The normalized spacial score (nSPS) is 11.9. The molecular weight excluding hydrogens is 200 g/mol. The van der Waals surface area contributed by atoms with E-state index in [0.717, 1.165) is 4.90 Å². The molecule has 0 aliphatic rings. The van der Waals surface area contributed by atoms with Crippen LogP contribution in [0.3, 0.4) is 0 Å². The number of hydrogen-bond acceptors (Lipinski definition) is 3. The Bertz CT molecular complexity index is 265. The van der Waals surface area contributed by atoms with E-state index >= 15 is 0 Å². The molecule has 1 unspecified atom stereocenters. The summed E-state index contributed by atoms with van der Waals surface area (Å²) in [5.74, 6) is -1.97. The van der Waals surface area contributed by atoms with Crippen LogP contribution in [0.4, 0.5) is 0 Å². The maximum Gasteiger partial charge on any atom is 0.326 e. The first-order chi connectivity index (χ1) is 6.90. The lowest BCUT2D eigenvalue weighted by atomic mass is 10.1. The zero-order valence-corrected chi connectivity index (χ0v) is 8.90. The molecule has 1 atom stereocenters. The molecule has 0 bridgehead atoms. The topological polar surface area (TPSA) is 101 Å². The summed E-state index contributed by atoms with van der Waals surface area (Å²) in [6.45, 7) is 1.64. The van der Waals surface area contributed by atoms with Gasteiger partial charge < -0.3 is 15.7 Å². The molecule has 0 aromatic heterocycles. The van der Waals surface area contributed by atoms with Crippen molar-refractivity contribution in [3.8, 4) is 0 Å². The number of likely N-dealkylation sites (N-methyl/N-ethyl adjacent to an activating group) is 1. The van der Waals surface area contributed by atoms with Crippen molar-refractivity contribution in [2.45, 2.75) is 32.2 Å². The van der Waals surface area contributed by atoms with Crippen molar-refractivity contribution in [3.63, 3.8) is 0 Å². The van der Waals surface area contributed by atoms with E-state index in [1.165, 1.54) is 7.05 Å². The van der Waals surface area contributed by atoms with Crippen molar-refractivity contribution in [3.05, 3.63) is 0 Å². The summed E-state index contributed by atoms with van der Waals surface area (Å²) in [5, 5.41) is 8.85. The predicted molar refractivity (Wildman–Crippen MR) is 52.9 cm³/mol. The summed E-state index contributed by atoms with van der Waals surface area (Å²) < 4.78 is 0. The van der Waals surface area contributed by atoms with Crippen LogP contribution in [0.25, 0.3) is 0 Å². The number of amides is 2. The summed E-state index contributed by atoms with van der Waals surface area (Å²) >= 11 is 0. The number of nitrogens with zero attached hydrogens (tertiary/aromatic N) is 1. The second-order valence-electron chi connectivity index (χ2n) is 3.22. The van der Waals surface area contributed by atoms with Gasteiger partial charge in [-0.05, 0) is 6.42 Å². The van der Waals surface area contributed by atoms with Gasteiger partial charge in [-0.15, -0.1) is 0 Å². The molecule has 0 saturated carbocycles. The molecule has 6 heteroatoms. The molecule has 0 spiro atoms. The largest absolute Gasteiger partial charge is 0.480 e. The number of hydrogen-bond donors (Lipinski definition) is 2. The molecule has 15 heavy (non-hydrogen) atoms. The minimum absolute atomic E-state index is 0.0434. The lowest BCUT2D eigenvalue weighted by molar-refractivity contribution is -0.149. The van der Waals surface area contributed by atoms with Crippen LogP contribution in [0.2, 0.25) is 0 Å². The smallest absolute Gasteiger partial charge is 0.326 e. The van der Waals surface area contributed by atoms with E-state index in [1.807, 2.05) is 0 Å². The van der Waals surface area contributed by atoms with Crippen LogP contribution in [0, 0.1) is 0 Å². The van der Waals surface area contributed by atoms with Crippen molar-refractivity contribution in [1.82, 2.24) is 4.90 Å². The molecule has 0 aromatic rings. The first-order valence-electron chi connectivity index (χ1n) is 4.66. The molecule has 0 saturated heterocycles. The zero-order chi connectivity index (χ0) is 12.0. The Hall–Kier alpha value is -1.59. The fourth-order valence-corrected chi connectivity index (χ4v) is 1.18. The highest BCUT2D eigenvalue weighted by Crippen LogP contribution is 2.07. The molecule has 0 heterocycles. The molecule has 2 amide bonds. The van der Waals surface area contributed by atoms with E-state index < -0.39 is 17.9 Å². The van der Waals surface area contributed by atoms with E-state index in [4.69, 9.17) is 10.8 Å². The SMILES string of the molecule is CCC(=O)N(C)C(CCC(N)=O)C(=O)O. The molecular formula is C9H16N2O4. The first kappa shape index (κ1) is 13.4. The van der Waals surface area contributed by atoms with Crippen LogP contribution in [-0.2, 0) is 14.4 Å². The predicted octanol–water partition coefficient (Wildman–Crippen LogP) is -0.426. The van der Waals surface area contributed by atoms with E-state index in [0.29, 0.717) is 0 Å². The highest BCUT2D eigenvalue weighted by Gasteiger charge is 2.25. The van der Waals surface area contributed by atoms with Gasteiger partial charge in [0.2, 0.25) is 11.8 Å². The van der Waals surface area contributed by atoms with Crippen molar-refractivity contribution in [2.75, 3.05) is 7.05 Å². The van der Waals surface area contributed by atoms with Gasteiger partial charge in [0.05, 0.1) is 0 Å². The highest BCUT2D eigenvalue weighted by molar-refractivity contribution is 5.84. The van der Waals surface area contributed by atoms with E-state index in [9.17, 15) is 14.4 Å². The maximum atomic E-state index is 11.2. The average Bonchev–Trinajstić information content (AvgIpc) is 2.15. The van der Waals surface area contributed by atoms with Gasteiger partial charge in [0, 0.05) is 19.9 Å². The molecule has 0 radical (unpaired) electrons. The number of carbonyl (C=O) groups excluding carboxylic acids is 2. The highest BCUT2D eigenvalue weighted by atomic mass is 16.4. The van der Waals surface area contributed by atoms with Gasteiger partial charge in [-0.25, -0.2) is 4.79 Å². The quantitative estimate of drug-likeness (QED) is 0.629. The number of carboxylic acid groups (broad SMARTS) is 1. The molecule has 0 aliphatic carbocycles. The van der Waals surface area contributed by atoms with Gasteiger partial charge in [0.25, 0.3) is 0 Å². The third-order valence-electron chi connectivity index (χ3n) is 2.11. The maximum absolute atomic E-state index is 11.2. The lowest BCUT2D eigenvalue weighted by Crippen LogP contribution is -2.42. The number of nitrogens with two attached hydrogens (primary N) is 1. The van der Waals surface area contributed by atoms with E-state index in [-0.39, 0.29) is 25.2 Å². The van der Waals surface area contributed by atoms with E-state index in [2.05, 4.69) is 0 Å². The summed E-state index contributed by atoms with van der Waals surface area (Å²) in [6.07, 6.45) is 0.238. The third kappa shape index (κ3) is 4.44. The third-order valence-corrected chi connectivity index (χ3v) is 2.11. The Morgan fingerprint density at radius 2 is 1.93 bits per heavy atom. The van der Waals surface area contributed by atoms with Crippen LogP contribution in [-0.4, -0.2) is 40.9 Å². The van der Waals surface area contributed by atoms with Gasteiger partial charge in [-0.1, -0.05) is 6.92 Å². The standard InChI is InChI=1S/C9H16N2O4/c1-3-8(13)11(2)6(9(14)15)4-5-7(10)12/h6H,3-5H2,1-2H3,(H2,10,12)(H,14,15). The second kappa shape index (κ2) is 6.00. The summed E-state index contributed by atoms with van der Waals surface area (Å²) in [6, 6.07) is -0.982. The summed E-state index contributed by atoms with van der Waals surface area (Å²) in [4.78, 5) is 33.7. The fourth-order valence-electron chi connectivity index (χ4n) is 1.18. The van der Waals surface area contributed by atoms with Crippen LogP contribution in [0.1, 0.15) is 26.2 Å². The van der Waals surface area contributed by atoms with Crippen molar-refractivity contribution >= 4 is 17.8 Å². The number of carbonyl (C=O) groups is 3. The fraction of sp³-hybridized carbons (Fsp3) is 0.667. The first-order valence-corrected chi connectivity index (χ1v) is 4.66. The molecule has 0 aliphatic heterocycles. The van der Waals surface area contributed by atoms with Crippen LogP contribution >= 0.6 is 0 Å². The molecule has 6 nitrogen and oxygen atoms in total. The van der Waals surface area contributed by atoms with Crippen LogP contribution in [0.5, 0.6) is 0 Å².